The Morgan fingerprint density at radius 3 is 2.41 bits per heavy atom. The topological polar surface area (TPSA) is 73.6 Å². The number of hydrogen-bond donors (Lipinski definition) is 2. The zero-order valence-corrected chi connectivity index (χ0v) is 16.7. The summed E-state index contributed by atoms with van der Waals surface area (Å²) in [5, 5.41) is 2.96. The fourth-order valence-corrected chi connectivity index (χ4v) is 2.61. The van der Waals surface area contributed by atoms with E-state index in [1.165, 1.54) is 19.2 Å². The minimum absolute atomic E-state index is 0. The van der Waals surface area contributed by atoms with Crippen LogP contribution in [0.3, 0.4) is 0 Å². The molecule has 0 saturated heterocycles. The van der Waals surface area contributed by atoms with E-state index in [0.717, 1.165) is 5.56 Å². The molecule has 0 aliphatic rings. The second kappa shape index (κ2) is 10.1. The van der Waals surface area contributed by atoms with Gasteiger partial charge >= 0.3 is 0 Å². The van der Waals surface area contributed by atoms with Crippen LogP contribution in [0, 0.1) is 11.7 Å². The van der Waals surface area contributed by atoms with Crippen molar-refractivity contribution in [2.24, 2.45) is 11.7 Å². The van der Waals surface area contributed by atoms with Crippen LogP contribution in [0.5, 0.6) is 11.5 Å². The van der Waals surface area contributed by atoms with Gasteiger partial charge in [0, 0.05) is 17.5 Å². The van der Waals surface area contributed by atoms with Crippen molar-refractivity contribution in [2.75, 3.05) is 14.2 Å². The van der Waals surface area contributed by atoms with Crippen LogP contribution >= 0.6 is 12.4 Å². The lowest BCUT2D eigenvalue weighted by atomic mass is 9.95. The number of carbonyl (C=O) groups is 1. The molecule has 3 N–H and O–H groups in total. The molecule has 0 bridgehead atoms. The SMILES string of the molecule is COc1cccc(C(NC(=O)C(C)C(C)N)c2cc(F)ccc2OC)c1.Cl. The molecule has 0 saturated carbocycles. The molecule has 5 nitrogen and oxygen atoms in total. The predicted molar refractivity (Wildman–Crippen MR) is 106 cm³/mol. The number of ether oxygens (including phenoxy) is 2. The van der Waals surface area contributed by atoms with Gasteiger partial charge in [-0.15, -0.1) is 12.4 Å². The van der Waals surface area contributed by atoms with Gasteiger partial charge in [0.1, 0.15) is 17.3 Å². The summed E-state index contributed by atoms with van der Waals surface area (Å²) < 4.78 is 24.6. The summed E-state index contributed by atoms with van der Waals surface area (Å²) in [4.78, 5) is 12.6. The minimum Gasteiger partial charge on any atom is -0.497 e. The average Bonchev–Trinajstić information content (AvgIpc) is 2.65. The first-order chi connectivity index (χ1) is 12.4. The summed E-state index contributed by atoms with van der Waals surface area (Å²) in [6, 6.07) is 10.6. The summed E-state index contributed by atoms with van der Waals surface area (Å²) in [5.74, 6) is 0.0790. The van der Waals surface area contributed by atoms with Gasteiger partial charge in [0.05, 0.1) is 20.3 Å². The monoisotopic (exact) mass is 396 g/mol. The molecule has 0 aliphatic carbocycles. The Labute approximate surface area is 165 Å². The largest absolute Gasteiger partial charge is 0.497 e. The smallest absolute Gasteiger partial charge is 0.225 e. The average molecular weight is 397 g/mol. The second-order valence-corrected chi connectivity index (χ2v) is 6.25. The minimum atomic E-state index is -0.607. The van der Waals surface area contributed by atoms with Crippen molar-refractivity contribution in [2.45, 2.75) is 25.9 Å². The van der Waals surface area contributed by atoms with Crippen LogP contribution in [0.1, 0.15) is 31.0 Å². The first kappa shape index (κ1) is 22.7. The zero-order valence-electron chi connectivity index (χ0n) is 15.9. The highest BCUT2D eigenvalue weighted by atomic mass is 35.5. The van der Waals surface area contributed by atoms with E-state index in [-0.39, 0.29) is 24.4 Å². The van der Waals surface area contributed by atoms with Gasteiger partial charge < -0.3 is 20.5 Å². The molecule has 3 atom stereocenters. The number of amides is 1. The summed E-state index contributed by atoms with van der Waals surface area (Å²) >= 11 is 0. The molecule has 2 rings (SSSR count). The molecule has 2 aromatic carbocycles. The van der Waals surface area contributed by atoms with Gasteiger partial charge in [-0.25, -0.2) is 4.39 Å². The van der Waals surface area contributed by atoms with E-state index in [2.05, 4.69) is 5.32 Å². The van der Waals surface area contributed by atoms with Crippen LogP contribution in [-0.4, -0.2) is 26.2 Å². The number of benzene rings is 2. The Morgan fingerprint density at radius 2 is 1.81 bits per heavy atom. The fourth-order valence-electron chi connectivity index (χ4n) is 2.61. The summed E-state index contributed by atoms with van der Waals surface area (Å²) in [7, 11) is 3.07. The van der Waals surface area contributed by atoms with Crippen molar-refractivity contribution in [3.8, 4) is 11.5 Å². The molecular weight excluding hydrogens is 371 g/mol. The second-order valence-electron chi connectivity index (χ2n) is 6.25. The summed E-state index contributed by atoms with van der Waals surface area (Å²) in [5.41, 5.74) is 7.12. The maximum atomic E-state index is 13.9. The number of rotatable bonds is 7. The molecule has 0 heterocycles. The van der Waals surface area contributed by atoms with Crippen molar-refractivity contribution in [1.29, 1.82) is 0 Å². The Balaban J connectivity index is 0.00000364. The molecule has 148 valence electrons. The van der Waals surface area contributed by atoms with Gasteiger partial charge in [0.15, 0.2) is 0 Å². The Bertz CT molecular complexity index is 771. The van der Waals surface area contributed by atoms with Gasteiger partial charge in [-0.3, -0.25) is 4.79 Å². The standard InChI is InChI=1S/C20H25FN2O3.ClH/c1-12(13(2)22)20(24)23-19(14-6-5-7-16(10-14)25-3)17-11-15(21)8-9-18(17)26-4;/h5-13,19H,22H2,1-4H3,(H,23,24);1H. The Morgan fingerprint density at radius 1 is 1.11 bits per heavy atom. The summed E-state index contributed by atoms with van der Waals surface area (Å²) in [6.45, 7) is 3.53. The van der Waals surface area contributed by atoms with E-state index in [9.17, 15) is 9.18 Å². The predicted octanol–water partition coefficient (Wildman–Crippen LogP) is 3.45. The molecule has 0 radical (unpaired) electrons. The third kappa shape index (κ3) is 5.58. The highest BCUT2D eigenvalue weighted by Gasteiger charge is 2.25. The molecule has 1 amide bonds. The van der Waals surface area contributed by atoms with Gasteiger partial charge in [-0.05, 0) is 42.8 Å². The van der Waals surface area contributed by atoms with Gasteiger partial charge in [-0.2, -0.15) is 0 Å². The van der Waals surface area contributed by atoms with Crippen molar-refractivity contribution in [3.63, 3.8) is 0 Å². The van der Waals surface area contributed by atoms with Crippen molar-refractivity contribution in [3.05, 3.63) is 59.4 Å². The van der Waals surface area contributed by atoms with E-state index in [0.29, 0.717) is 17.1 Å². The molecule has 0 spiro atoms. The van der Waals surface area contributed by atoms with Crippen LogP contribution in [0.15, 0.2) is 42.5 Å². The number of halogens is 2. The highest BCUT2D eigenvalue weighted by Crippen LogP contribution is 2.32. The maximum absolute atomic E-state index is 13.9. The van der Waals surface area contributed by atoms with E-state index in [1.807, 2.05) is 12.1 Å². The number of methoxy groups -OCH3 is 2. The van der Waals surface area contributed by atoms with Crippen molar-refractivity contribution in [1.82, 2.24) is 5.32 Å². The normalized spacial score (nSPS) is 13.7. The van der Waals surface area contributed by atoms with E-state index < -0.39 is 17.8 Å². The van der Waals surface area contributed by atoms with Crippen molar-refractivity contribution >= 4 is 18.3 Å². The van der Waals surface area contributed by atoms with Crippen LogP contribution < -0.4 is 20.5 Å². The number of nitrogens with one attached hydrogen (secondary N) is 1. The van der Waals surface area contributed by atoms with Gasteiger partial charge in [0.25, 0.3) is 0 Å². The summed E-state index contributed by atoms with van der Waals surface area (Å²) in [6.07, 6.45) is 0. The van der Waals surface area contributed by atoms with Crippen molar-refractivity contribution < 1.29 is 18.7 Å². The molecule has 0 aliphatic heterocycles. The molecule has 3 unspecified atom stereocenters. The highest BCUT2D eigenvalue weighted by molar-refractivity contribution is 5.85. The van der Waals surface area contributed by atoms with E-state index >= 15 is 0 Å². The molecular formula is C20H26ClFN2O3. The first-order valence-electron chi connectivity index (χ1n) is 8.40. The Hall–Kier alpha value is -2.31. The number of hydrogen-bond acceptors (Lipinski definition) is 4. The zero-order chi connectivity index (χ0) is 19.3. The van der Waals surface area contributed by atoms with Crippen LogP contribution in [0.25, 0.3) is 0 Å². The van der Waals surface area contributed by atoms with Gasteiger partial charge in [0.2, 0.25) is 5.91 Å². The third-order valence-electron chi connectivity index (χ3n) is 4.42. The quantitative estimate of drug-likeness (QED) is 0.751. The lowest BCUT2D eigenvalue weighted by molar-refractivity contribution is -0.125. The molecule has 7 heteroatoms. The molecule has 27 heavy (non-hydrogen) atoms. The first-order valence-corrected chi connectivity index (χ1v) is 8.40. The molecule has 0 fully saturated rings. The third-order valence-corrected chi connectivity index (χ3v) is 4.42. The van der Waals surface area contributed by atoms with Crippen LogP contribution in [-0.2, 0) is 4.79 Å². The molecule has 2 aromatic rings. The Kier molecular flexibility index (Phi) is 8.53. The van der Waals surface area contributed by atoms with E-state index in [4.69, 9.17) is 15.2 Å². The van der Waals surface area contributed by atoms with Crippen LogP contribution in [0.2, 0.25) is 0 Å². The van der Waals surface area contributed by atoms with Gasteiger partial charge in [-0.1, -0.05) is 19.1 Å². The fraction of sp³-hybridized carbons (Fsp3) is 0.350. The lowest BCUT2D eigenvalue weighted by Gasteiger charge is -2.25. The van der Waals surface area contributed by atoms with E-state index in [1.54, 1.807) is 39.2 Å². The number of carbonyl (C=O) groups excluding carboxylic acids is 1. The maximum Gasteiger partial charge on any atom is 0.225 e. The lowest BCUT2D eigenvalue weighted by Crippen LogP contribution is -2.40. The molecule has 0 aromatic heterocycles. The van der Waals surface area contributed by atoms with Crippen LogP contribution in [0.4, 0.5) is 4.39 Å². The number of nitrogens with two attached hydrogens (primary N) is 1.